The van der Waals surface area contributed by atoms with Crippen LogP contribution in [0.15, 0.2) is 60.7 Å². The summed E-state index contributed by atoms with van der Waals surface area (Å²) in [5.41, 5.74) is 0. The van der Waals surface area contributed by atoms with Gasteiger partial charge in [-0.1, -0.05) is 60.7 Å². The smallest absolute Gasteiger partial charge is 0.872 e. The minimum atomic E-state index is 0. The molecule has 0 aliphatic heterocycles. The summed E-state index contributed by atoms with van der Waals surface area (Å²) in [4.78, 5) is 0. The summed E-state index contributed by atoms with van der Waals surface area (Å²) in [5, 5.41) is 20.5. The number of rotatable bonds is 0. The third kappa shape index (κ3) is 10.5. The van der Waals surface area contributed by atoms with Gasteiger partial charge in [0.05, 0.1) is 0 Å². The van der Waals surface area contributed by atoms with Crippen molar-refractivity contribution in [3.05, 3.63) is 60.7 Å². The molecule has 0 fully saturated rings. The van der Waals surface area contributed by atoms with Crippen LogP contribution in [0.2, 0.25) is 0 Å². The molecule has 0 radical (unpaired) electrons. The Labute approximate surface area is 181 Å². The summed E-state index contributed by atoms with van der Waals surface area (Å²) < 4.78 is 0. The van der Waals surface area contributed by atoms with Gasteiger partial charge in [0.2, 0.25) is 0 Å². The molecule has 4 heteroatoms. The van der Waals surface area contributed by atoms with Crippen LogP contribution >= 0.6 is 0 Å². The van der Waals surface area contributed by atoms with Gasteiger partial charge in [-0.2, -0.15) is 0 Å². The molecule has 2 aromatic rings. The van der Waals surface area contributed by atoms with E-state index in [1.54, 1.807) is 24.3 Å². The van der Waals surface area contributed by atoms with E-state index in [9.17, 15) is 10.2 Å². The molecule has 0 spiro atoms. The molecule has 0 saturated heterocycles. The number of hydrogen-bond acceptors (Lipinski definition) is 2. The maximum atomic E-state index is 10.3. The Hall–Kier alpha value is 1.31. The Kier molecular flexibility index (Phi) is 15.7. The van der Waals surface area contributed by atoms with Crippen molar-refractivity contribution in [2.24, 2.45) is 0 Å². The third-order valence-corrected chi connectivity index (χ3v) is 1.49. The number of para-hydroxylation sites is 2. The second-order valence-electron chi connectivity index (χ2n) is 2.63. The molecule has 0 amide bonds. The Balaban J connectivity index is 0. The van der Waals surface area contributed by atoms with Crippen LogP contribution in [0.25, 0.3) is 0 Å². The number of hydrogen-bond donors (Lipinski definition) is 0. The maximum Gasteiger partial charge on any atom is 1.00 e. The van der Waals surface area contributed by atoms with Crippen LogP contribution in [0.5, 0.6) is 11.5 Å². The summed E-state index contributed by atoms with van der Waals surface area (Å²) in [6.45, 7) is 0. The van der Waals surface area contributed by atoms with Crippen molar-refractivity contribution in [2.75, 3.05) is 0 Å². The largest absolute Gasteiger partial charge is 1.00 e. The van der Waals surface area contributed by atoms with Crippen molar-refractivity contribution in [2.45, 2.75) is 0 Å². The molecule has 2 rings (SSSR count). The van der Waals surface area contributed by atoms with Crippen molar-refractivity contribution in [3.8, 4) is 11.5 Å². The Morgan fingerprint density at radius 2 is 0.750 bits per heavy atom. The van der Waals surface area contributed by atoms with Gasteiger partial charge in [-0.05, 0) is 0 Å². The molecule has 0 unspecified atom stereocenters. The van der Waals surface area contributed by atoms with Crippen LogP contribution in [0, 0.1) is 0 Å². The minimum Gasteiger partial charge on any atom is -0.872 e. The van der Waals surface area contributed by atoms with Gasteiger partial charge in [0.25, 0.3) is 0 Å². The Morgan fingerprint density at radius 3 is 0.875 bits per heavy atom. The fourth-order valence-corrected chi connectivity index (χ4v) is 0.841. The van der Waals surface area contributed by atoms with Crippen LogP contribution in [0.1, 0.15) is 0 Å². The molecule has 0 aliphatic rings. The molecule has 2 nitrogen and oxygen atoms in total. The van der Waals surface area contributed by atoms with Gasteiger partial charge >= 0.3 is 103 Å². The SMILES string of the molecule is [K+].[K+].[O-]c1ccccc1.[O-]c1ccccc1. The van der Waals surface area contributed by atoms with E-state index in [-0.39, 0.29) is 114 Å². The molecule has 0 atom stereocenters. The summed E-state index contributed by atoms with van der Waals surface area (Å²) in [7, 11) is 0. The second kappa shape index (κ2) is 12.8. The maximum absolute atomic E-state index is 10.3. The van der Waals surface area contributed by atoms with Gasteiger partial charge in [-0.3, -0.25) is 0 Å². The van der Waals surface area contributed by atoms with Gasteiger partial charge in [0, 0.05) is 0 Å². The molecule has 0 aromatic heterocycles. The molecule has 0 heterocycles. The van der Waals surface area contributed by atoms with E-state index in [4.69, 9.17) is 0 Å². The van der Waals surface area contributed by atoms with Gasteiger partial charge in [0.15, 0.2) is 0 Å². The first-order valence-electron chi connectivity index (χ1n) is 4.23. The molecule has 16 heavy (non-hydrogen) atoms. The van der Waals surface area contributed by atoms with Crippen molar-refractivity contribution in [1.29, 1.82) is 0 Å². The molecular weight excluding hydrogens is 254 g/mol. The summed E-state index contributed by atoms with van der Waals surface area (Å²) >= 11 is 0. The number of benzene rings is 2. The molecular formula is C12H10K2O2. The Bertz CT molecular complexity index is 314. The van der Waals surface area contributed by atoms with Crippen molar-refractivity contribution < 1.29 is 113 Å². The van der Waals surface area contributed by atoms with E-state index in [1.807, 2.05) is 12.1 Å². The van der Waals surface area contributed by atoms with Crippen molar-refractivity contribution in [1.82, 2.24) is 0 Å². The van der Waals surface area contributed by atoms with E-state index < -0.39 is 0 Å². The van der Waals surface area contributed by atoms with Crippen LogP contribution in [-0.2, 0) is 0 Å². The zero-order valence-corrected chi connectivity index (χ0v) is 15.8. The average Bonchev–Trinajstić information content (AvgIpc) is 2.21. The first kappa shape index (κ1) is 19.6. The fraction of sp³-hybridized carbons (Fsp3) is 0. The molecule has 0 N–H and O–H groups in total. The van der Waals surface area contributed by atoms with Gasteiger partial charge in [-0.15, -0.1) is 11.5 Å². The summed E-state index contributed by atoms with van der Waals surface area (Å²) in [6.07, 6.45) is 0. The monoisotopic (exact) mass is 264 g/mol. The van der Waals surface area contributed by atoms with Crippen molar-refractivity contribution >= 4 is 0 Å². The van der Waals surface area contributed by atoms with E-state index in [0.29, 0.717) is 0 Å². The predicted octanol–water partition coefficient (Wildman–Crippen LogP) is -4.47. The fourth-order valence-electron chi connectivity index (χ4n) is 0.841. The van der Waals surface area contributed by atoms with Crippen LogP contribution < -0.4 is 113 Å². The van der Waals surface area contributed by atoms with Gasteiger partial charge in [0.1, 0.15) is 0 Å². The van der Waals surface area contributed by atoms with E-state index >= 15 is 0 Å². The quantitative estimate of drug-likeness (QED) is 0.451. The molecule has 0 bridgehead atoms. The van der Waals surface area contributed by atoms with Gasteiger partial charge in [-0.25, -0.2) is 0 Å². The van der Waals surface area contributed by atoms with Crippen LogP contribution in [0.3, 0.4) is 0 Å². The zero-order chi connectivity index (χ0) is 10.2. The first-order chi connectivity index (χ1) is 6.79. The van der Waals surface area contributed by atoms with Crippen LogP contribution in [-0.4, -0.2) is 0 Å². The summed E-state index contributed by atoms with van der Waals surface area (Å²) in [5.74, 6) is 0.144. The zero-order valence-electron chi connectivity index (χ0n) is 9.59. The standard InChI is InChI=1S/2C6H6O.2K/c2*7-6-4-2-1-3-5-6;;/h2*1-5,7H;;/q;;2*+1/p-2. The topological polar surface area (TPSA) is 46.1 Å². The van der Waals surface area contributed by atoms with E-state index in [2.05, 4.69) is 0 Å². The van der Waals surface area contributed by atoms with E-state index in [0.717, 1.165) is 0 Å². The molecule has 72 valence electrons. The minimum absolute atomic E-state index is 0. The normalized spacial score (nSPS) is 7.50. The Morgan fingerprint density at radius 1 is 0.500 bits per heavy atom. The average molecular weight is 264 g/mol. The molecule has 0 saturated carbocycles. The van der Waals surface area contributed by atoms with Crippen LogP contribution in [0.4, 0.5) is 0 Å². The molecule has 0 aliphatic carbocycles. The second-order valence-corrected chi connectivity index (χ2v) is 2.63. The van der Waals surface area contributed by atoms with Gasteiger partial charge < -0.3 is 10.2 Å². The van der Waals surface area contributed by atoms with E-state index in [1.165, 1.54) is 24.3 Å². The molecule has 2 aromatic carbocycles. The third-order valence-electron chi connectivity index (χ3n) is 1.49. The summed E-state index contributed by atoms with van der Waals surface area (Å²) in [6, 6.07) is 16.7. The van der Waals surface area contributed by atoms with Crippen molar-refractivity contribution in [3.63, 3.8) is 0 Å². The predicted molar refractivity (Wildman–Crippen MR) is 51.8 cm³/mol. The first-order valence-corrected chi connectivity index (χ1v) is 4.23.